The van der Waals surface area contributed by atoms with Crippen LogP contribution in [-0.2, 0) is 10.0 Å². The lowest BCUT2D eigenvalue weighted by molar-refractivity contribution is 0.216. The lowest BCUT2D eigenvalue weighted by atomic mass is 10.1. The third-order valence-electron chi connectivity index (χ3n) is 2.80. The lowest BCUT2D eigenvalue weighted by Gasteiger charge is -2.17. The maximum Gasteiger partial charge on any atom is 0.233 e. The van der Waals surface area contributed by atoms with Crippen molar-refractivity contribution in [3.05, 3.63) is 40.3 Å². The first-order chi connectivity index (χ1) is 8.84. The molecule has 1 aromatic rings. The molecule has 6 heteroatoms. The van der Waals surface area contributed by atoms with Crippen LogP contribution in [0.2, 0.25) is 5.02 Å². The Bertz CT molecular complexity index is 525. The number of nitrogens with one attached hydrogen (secondary N) is 1. The van der Waals surface area contributed by atoms with Gasteiger partial charge >= 0.3 is 0 Å². The summed E-state index contributed by atoms with van der Waals surface area (Å²) in [4.78, 5) is 0. The quantitative estimate of drug-likeness (QED) is 0.847. The standard InChI is InChI=1S/C13H18ClNO3S/c1-10(9-16)11(2)15-19(17,18)8-7-12-3-5-13(14)6-4-12/h3-8,10-11,15-16H,9H2,1-2H3/b8-7+. The zero-order chi connectivity index (χ0) is 14.5. The van der Waals surface area contributed by atoms with Crippen LogP contribution in [0.1, 0.15) is 19.4 Å². The predicted molar refractivity (Wildman–Crippen MR) is 78.3 cm³/mol. The first-order valence-electron chi connectivity index (χ1n) is 5.91. The van der Waals surface area contributed by atoms with E-state index in [1.54, 1.807) is 38.1 Å². The smallest absolute Gasteiger partial charge is 0.233 e. The molecular weight excluding hydrogens is 286 g/mol. The number of aliphatic hydroxyl groups is 1. The van der Waals surface area contributed by atoms with Gasteiger partial charge in [0, 0.05) is 23.1 Å². The molecule has 0 saturated carbocycles. The summed E-state index contributed by atoms with van der Waals surface area (Å²) in [6.45, 7) is 3.43. The van der Waals surface area contributed by atoms with E-state index in [1.165, 1.54) is 6.08 Å². The topological polar surface area (TPSA) is 66.4 Å². The zero-order valence-corrected chi connectivity index (χ0v) is 12.4. The molecule has 19 heavy (non-hydrogen) atoms. The summed E-state index contributed by atoms with van der Waals surface area (Å²) in [6, 6.07) is 6.52. The molecule has 0 saturated heterocycles. The summed E-state index contributed by atoms with van der Waals surface area (Å²) in [5.41, 5.74) is 0.748. The third kappa shape index (κ3) is 5.74. The van der Waals surface area contributed by atoms with Crippen molar-refractivity contribution in [2.75, 3.05) is 6.61 Å². The second-order valence-corrected chi connectivity index (χ2v) is 6.50. The summed E-state index contributed by atoms with van der Waals surface area (Å²) < 4.78 is 26.1. The van der Waals surface area contributed by atoms with Gasteiger partial charge in [-0.15, -0.1) is 0 Å². The van der Waals surface area contributed by atoms with E-state index in [0.717, 1.165) is 11.0 Å². The monoisotopic (exact) mass is 303 g/mol. The molecule has 1 aromatic carbocycles. The Kier molecular flexibility index (Phi) is 6.00. The highest BCUT2D eigenvalue weighted by Gasteiger charge is 2.16. The highest BCUT2D eigenvalue weighted by Crippen LogP contribution is 2.11. The van der Waals surface area contributed by atoms with Crippen molar-refractivity contribution in [2.24, 2.45) is 5.92 Å². The van der Waals surface area contributed by atoms with Crippen LogP contribution in [0.15, 0.2) is 29.7 Å². The summed E-state index contributed by atoms with van der Waals surface area (Å²) >= 11 is 5.74. The molecule has 2 unspecified atom stereocenters. The van der Waals surface area contributed by atoms with Crippen LogP contribution in [0.5, 0.6) is 0 Å². The van der Waals surface area contributed by atoms with Gasteiger partial charge in [-0.1, -0.05) is 30.7 Å². The molecule has 0 bridgehead atoms. The van der Waals surface area contributed by atoms with E-state index in [1.807, 2.05) is 0 Å². The normalized spacial score (nSPS) is 15.6. The van der Waals surface area contributed by atoms with Crippen LogP contribution < -0.4 is 4.72 Å². The number of halogens is 1. The molecule has 1 rings (SSSR count). The van der Waals surface area contributed by atoms with Crippen LogP contribution in [0.4, 0.5) is 0 Å². The van der Waals surface area contributed by atoms with Crippen molar-refractivity contribution < 1.29 is 13.5 Å². The van der Waals surface area contributed by atoms with Crippen LogP contribution >= 0.6 is 11.6 Å². The Morgan fingerprint density at radius 1 is 1.32 bits per heavy atom. The Morgan fingerprint density at radius 2 is 1.89 bits per heavy atom. The number of sulfonamides is 1. The summed E-state index contributed by atoms with van der Waals surface area (Å²) in [6.07, 6.45) is 1.50. The molecule has 106 valence electrons. The molecule has 0 fully saturated rings. The molecule has 0 aliphatic rings. The maximum atomic E-state index is 11.8. The summed E-state index contributed by atoms with van der Waals surface area (Å²) in [5, 5.41) is 10.7. The van der Waals surface area contributed by atoms with Gasteiger partial charge in [0.25, 0.3) is 0 Å². The number of hydrogen-bond donors (Lipinski definition) is 2. The summed E-state index contributed by atoms with van der Waals surface area (Å²) in [5.74, 6) is -0.140. The lowest BCUT2D eigenvalue weighted by Crippen LogP contribution is -2.37. The van der Waals surface area contributed by atoms with Crippen LogP contribution in [0.3, 0.4) is 0 Å². The molecule has 2 atom stereocenters. The van der Waals surface area contributed by atoms with Gasteiger partial charge < -0.3 is 5.11 Å². The number of benzene rings is 1. The molecule has 0 amide bonds. The van der Waals surface area contributed by atoms with E-state index in [-0.39, 0.29) is 18.6 Å². The second kappa shape index (κ2) is 7.05. The van der Waals surface area contributed by atoms with E-state index < -0.39 is 10.0 Å². The molecule has 2 N–H and O–H groups in total. The Hall–Kier alpha value is -0.880. The third-order valence-corrected chi connectivity index (χ3v) is 4.25. The Labute approximate surface area is 119 Å². The van der Waals surface area contributed by atoms with Gasteiger partial charge in [0.1, 0.15) is 0 Å². The van der Waals surface area contributed by atoms with Gasteiger partial charge in [0.2, 0.25) is 10.0 Å². The van der Waals surface area contributed by atoms with E-state index in [2.05, 4.69) is 4.72 Å². The predicted octanol–water partition coefficient (Wildman–Crippen LogP) is 2.25. The van der Waals surface area contributed by atoms with Crippen molar-refractivity contribution in [1.82, 2.24) is 4.72 Å². The number of hydrogen-bond acceptors (Lipinski definition) is 3. The fraction of sp³-hybridized carbons (Fsp3) is 0.385. The van der Waals surface area contributed by atoms with E-state index in [9.17, 15) is 8.42 Å². The molecule has 4 nitrogen and oxygen atoms in total. The van der Waals surface area contributed by atoms with Gasteiger partial charge in [-0.3, -0.25) is 0 Å². The molecule has 0 radical (unpaired) electrons. The van der Waals surface area contributed by atoms with E-state index in [4.69, 9.17) is 16.7 Å². The SMILES string of the molecule is CC(CO)C(C)NS(=O)(=O)/C=C/c1ccc(Cl)cc1. The first kappa shape index (κ1) is 16.2. The van der Waals surface area contributed by atoms with Crippen molar-refractivity contribution >= 4 is 27.7 Å². The van der Waals surface area contributed by atoms with Crippen LogP contribution in [0.25, 0.3) is 6.08 Å². The number of rotatable bonds is 6. The molecule has 0 aliphatic heterocycles. The van der Waals surface area contributed by atoms with Crippen molar-refractivity contribution in [2.45, 2.75) is 19.9 Å². The van der Waals surface area contributed by atoms with Crippen molar-refractivity contribution in [1.29, 1.82) is 0 Å². The average molecular weight is 304 g/mol. The Morgan fingerprint density at radius 3 is 2.42 bits per heavy atom. The number of aliphatic hydroxyl groups excluding tert-OH is 1. The minimum absolute atomic E-state index is 0.0649. The zero-order valence-electron chi connectivity index (χ0n) is 10.9. The minimum Gasteiger partial charge on any atom is -0.396 e. The highest BCUT2D eigenvalue weighted by atomic mass is 35.5. The van der Waals surface area contributed by atoms with E-state index in [0.29, 0.717) is 5.02 Å². The minimum atomic E-state index is -3.52. The Balaban J connectivity index is 2.71. The van der Waals surface area contributed by atoms with Gasteiger partial charge in [-0.2, -0.15) is 0 Å². The van der Waals surface area contributed by atoms with Crippen LogP contribution in [0, 0.1) is 5.92 Å². The second-order valence-electron chi connectivity index (χ2n) is 4.47. The van der Waals surface area contributed by atoms with E-state index >= 15 is 0 Å². The molecule has 0 spiro atoms. The molecule has 0 aromatic heterocycles. The average Bonchev–Trinajstić information content (AvgIpc) is 2.36. The fourth-order valence-electron chi connectivity index (χ4n) is 1.31. The van der Waals surface area contributed by atoms with Gasteiger partial charge in [0.15, 0.2) is 0 Å². The first-order valence-corrected chi connectivity index (χ1v) is 7.83. The summed E-state index contributed by atoms with van der Waals surface area (Å²) in [7, 11) is -3.52. The van der Waals surface area contributed by atoms with Gasteiger partial charge in [0.05, 0.1) is 0 Å². The molecule has 0 heterocycles. The molecule has 0 aliphatic carbocycles. The maximum absolute atomic E-state index is 11.8. The fourth-order valence-corrected chi connectivity index (χ4v) is 2.61. The van der Waals surface area contributed by atoms with Gasteiger partial charge in [-0.25, -0.2) is 13.1 Å². The van der Waals surface area contributed by atoms with Gasteiger partial charge in [-0.05, 0) is 36.6 Å². The largest absolute Gasteiger partial charge is 0.396 e. The van der Waals surface area contributed by atoms with Crippen LogP contribution in [-0.4, -0.2) is 26.2 Å². The molecular formula is C13H18ClNO3S. The van der Waals surface area contributed by atoms with Crippen molar-refractivity contribution in [3.63, 3.8) is 0 Å². The highest BCUT2D eigenvalue weighted by molar-refractivity contribution is 7.92. The van der Waals surface area contributed by atoms with Crippen molar-refractivity contribution in [3.8, 4) is 0 Å².